The number of carbonyl (C=O) groups excluding carboxylic acids is 1. The molecule has 1 aromatic rings. The third-order valence-electron chi connectivity index (χ3n) is 2.69. The summed E-state index contributed by atoms with van der Waals surface area (Å²) in [6.07, 6.45) is 3.08. The summed E-state index contributed by atoms with van der Waals surface area (Å²) < 4.78 is 5.83. The maximum absolute atomic E-state index is 11.7. The van der Waals surface area contributed by atoms with Crippen LogP contribution in [-0.2, 0) is 4.74 Å². The van der Waals surface area contributed by atoms with E-state index in [-0.39, 0.29) is 6.09 Å². The summed E-state index contributed by atoms with van der Waals surface area (Å²) in [4.78, 5) is 23.9. The van der Waals surface area contributed by atoms with Gasteiger partial charge in [0.05, 0.1) is 10.2 Å². The SMILES string of the molecule is C=C(C)OC(=O)N1CCN(c2ncc(Br)cn2)CC1. The lowest BCUT2D eigenvalue weighted by Crippen LogP contribution is -2.49. The third kappa shape index (κ3) is 3.66. The van der Waals surface area contributed by atoms with E-state index in [9.17, 15) is 4.79 Å². The van der Waals surface area contributed by atoms with Crippen LogP contribution in [-0.4, -0.2) is 47.1 Å². The van der Waals surface area contributed by atoms with E-state index in [1.807, 2.05) is 4.90 Å². The Morgan fingerprint density at radius 3 is 2.42 bits per heavy atom. The third-order valence-corrected chi connectivity index (χ3v) is 3.10. The summed E-state index contributed by atoms with van der Waals surface area (Å²) in [7, 11) is 0. The second-order valence-electron chi connectivity index (χ2n) is 4.25. The predicted octanol–water partition coefficient (Wildman–Crippen LogP) is 2.03. The molecule has 1 saturated heterocycles. The Morgan fingerprint density at radius 2 is 1.89 bits per heavy atom. The molecular weight excluding hydrogens is 312 g/mol. The molecule has 7 heteroatoms. The van der Waals surface area contributed by atoms with E-state index in [0.717, 1.165) is 4.47 Å². The summed E-state index contributed by atoms with van der Waals surface area (Å²) in [5.41, 5.74) is 0. The van der Waals surface area contributed by atoms with Crippen LogP contribution in [0.25, 0.3) is 0 Å². The highest BCUT2D eigenvalue weighted by atomic mass is 79.9. The Kier molecular flexibility index (Phi) is 4.36. The first-order valence-corrected chi connectivity index (χ1v) is 6.70. The van der Waals surface area contributed by atoms with E-state index in [0.29, 0.717) is 37.9 Å². The molecule has 0 aliphatic carbocycles. The molecule has 19 heavy (non-hydrogen) atoms. The molecular formula is C12H15BrN4O2. The maximum Gasteiger partial charge on any atom is 0.414 e. The zero-order valence-corrected chi connectivity index (χ0v) is 12.3. The first kappa shape index (κ1) is 13.8. The van der Waals surface area contributed by atoms with Gasteiger partial charge in [0.2, 0.25) is 5.95 Å². The van der Waals surface area contributed by atoms with Gasteiger partial charge in [-0.05, 0) is 22.9 Å². The number of nitrogens with zero attached hydrogens (tertiary/aromatic N) is 4. The van der Waals surface area contributed by atoms with Crippen molar-refractivity contribution >= 4 is 28.0 Å². The molecule has 0 bridgehead atoms. The topological polar surface area (TPSA) is 58.6 Å². The van der Waals surface area contributed by atoms with E-state index in [1.54, 1.807) is 24.2 Å². The van der Waals surface area contributed by atoms with Crippen LogP contribution in [0.1, 0.15) is 6.92 Å². The lowest BCUT2D eigenvalue weighted by atomic mass is 10.3. The van der Waals surface area contributed by atoms with Gasteiger partial charge in [-0.25, -0.2) is 14.8 Å². The van der Waals surface area contributed by atoms with Gasteiger partial charge in [0.15, 0.2) is 0 Å². The van der Waals surface area contributed by atoms with Crippen LogP contribution >= 0.6 is 15.9 Å². The number of amides is 1. The average Bonchev–Trinajstić information content (AvgIpc) is 2.39. The smallest absolute Gasteiger partial charge is 0.414 e. The molecule has 1 fully saturated rings. The van der Waals surface area contributed by atoms with Crippen molar-refractivity contribution in [3.63, 3.8) is 0 Å². The van der Waals surface area contributed by atoms with Gasteiger partial charge in [0, 0.05) is 38.6 Å². The van der Waals surface area contributed by atoms with Gasteiger partial charge in [-0.1, -0.05) is 6.58 Å². The summed E-state index contributed by atoms with van der Waals surface area (Å²) in [5, 5.41) is 0. The van der Waals surface area contributed by atoms with Crippen LogP contribution in [0, 0.1) is 0 Å². The van der Waals surface area contributed by atoms with Crippen molar-refractivity contribution in [2.75, 3.05) is 31.1 Å². The first-order chi connectivity index (χ1) is 9.06. The average molecular weight is 327 g/mol. The predicted molar refractivity (Wildman–Crippen MR) is 74.8 cm³/mol. The molecule has 0 aromatic carbocycles. The van der Waals surface area contributed by atoms with E-state index in [1.165, 1.54) is 0 Å². The van der Waals surface area contributed by atoms with Crippen LogP contribution in [0.3, 0.4) is 0 Å². The molecule has 1 aliphatic rings. The second-order valence-corrected chi connectivity index (χ2v) is 5.16. The van der Waals surface area contributed by atoms with Crippen molar-refractivity contribution in [1.29, 1.82) is 0 Å². The summed E-state index contributed by atoms with van der Waals surface area (Å²) in [5.74, 6) is 1.08. The fourth-order valence-corrected chi connectivity index (χ4v) is 1.98. The van der Waals surface area contributed by atoms with Crippen LogP contribution in [0.5, 0.6) is 0 Å². The maximum atomic E-state index is 11.7. The van der Waals surface area contributed by atoms with Crippen molar-refractivity contribution in [2.24, 2.45) is 0 Å². The van der Waals surface area contributed by atoms with Crippen molar-refractivity contribution in [3.05, 3.63) is 29.2 Å². The number of halogens is 1. The zero-order valence-electron chi connectivity index (χ0n) is 10.7. The lowest BCUT2D eigenvalue weighted by Gasteiger charge is -2.33. The number of ether oxygens (including phenoxy) is 1. The molecule has 1 aromatic heterocycles. The molecule has 1 aliphatic heterocycles. The van der Waals surface area contributed by atoms with Gasteiger partial charge in [-0.3, -0.25) is 0 Å². The number of allylic oxidation sites excluding steroid dienone is 1. The van der Waals surface area contributed by atoms with Gasteiger partial charge in [-0.2, -0.15) is 0 Å². The second kappa shape index (κ2) is 6.01. The van der Waals surface area contributed by atoms with E-state index >= 15 is 0 Å². The van der Waals surface area contributed by atoms with Crippen molar-refractivity contribution in [2.45, 2.75) is 6.92 Å². The lowest BCUT2D eigenvalue weighted by molar-refractivity contribution is 0.126. The van der Waals surface area contributed by atoms with E-state index < -0.39 is 0 Å². The molecule has 2 rings (SSSR count). The molecule has 6 nitrogen and oxygen atoms in total. The summed E-state index contributed by atoms with van der Waals surface area (Å²) >= 11 is 3.30. The van der Waals surface area contributed by atoms with Gasteiger partial charge >= 0.3 is 6.09 Å². The minimum atomic E-state index is -0.344. The Balaban J connectivity index is 1.90. The van der Waals surface area contributed by atoms with Crippen molar-refractivity contribution in [3.8, 4) is 0 Å². The largest absolute Gasteiger partial charge is 0.416 e. The Bertz CT molecular complexity index is 469. The monoisotopic (exact) mass is 326 g/mol. The highest BCUT2D eigenvalue weighted by Gasteiger charge is 2.23. The van der Waals surface area contributed by atoms with E-state index in [4.69, 9.17) is 4.74 Å². The molecule has 0 spiro atoms. The molecule has 0 radical (unpaired) electrons. The highest BCUT2D eigenvalue weighted by molar-refractivity contribution is 9.10. The number of carbonyl (C=O) groups is 1. The van der Waals surface area contributed by atoms with Gasteiger partial charge in [-0.15, -0.1) is 0 Å². The molecule has 0 unspecified atom stereocenters. The van der Waals surface area contributed by atoms with Crippen LogP contribution in [0.4, 0.5) is 10.7 Å². The van der Waals surface area contributed by atoms with Crippen LogP contribution < -0.4 is 4.90 Å². The number of piperazine rings is 1. The quantitative estimate of drug-likeness (QED) is 0.778. The highest BCUT2D eigenvalue weighted by Crippen LogP contribution is 2.14. The molecule has 0 N–H and O–H groups in total. The minimum absolute atomic E-state index is 0.344. The zero-order chi connectivity index (χ0) is 13.8. The number of aromatic nitrogens is 2. The van der Waals surface area contributed by atoms with Crippen molar-refractivity contribution in [1.82, 2.24) is 14.9 Å². The summed E-state index contributed by atoms with van der Waals surface area (Å²) in [6.45, 7) is 7.77. The van der Waals surface area contributed by atoms with Gasteiger partial charge in [0.25, 0.3) is 0 Å². The Morgan fingerprint density at radius 1 is 1.32 bits per heavy atom. The van der Waals surface area contributed by atoms with Crippen molar-refractivity contribution < 1.29 is 9.53 Å². The van der Waals surface area contributed by atoms with Crippen LogP contribution in [0.15, 0.2) is 29.2 Å². The number of rotatable bonds is 2. The first-order valence-electron chi connectivity index (χ1n) is 5.91. The van der Waals surface area contributed by atoms with Crippen LogP contribution in [0.2, 0.25) is 0 Å². The fraction of sp³-hybridized carbons (Fsp3) is 0.417. The number of hydrogen-bond donors (Lipinski definition) is 0. The van der Waals surface area contributed by atoms with E-state index in [2.05, 4.69) is 32.5 Å². The molecule has 0 saturated carbocycles. The fourth-order valence-electron chi connectivity index (χ4n) is 1.77. The molecule has 1 amide bonds. The van der Waals surface area contributed by atoms with Gasteiger partial charge in [0.1, 0.15) is 0 Å². The Hall–Kier alpha value is -1.63. The molecule has 2 heterocycles. The number of anilines is 1. The Labute approximate surface area is 120 Å². The number of hydrogen-bond acceptors (Lipinski definition) is 5. The standard InChI is InChI=1S/C12H15BrN4O2/c1-9(2)19-12(18)17-5-3-16(4-6-17)11-14-7-10(13)8-15-11/h7-8H,1,3-6H2,2H3. The molecule has 102 valence electrons. The minimum Gasteiger partial charge on any atom is -0.416 e. The van der Waals surface area contributed by atoms with Gasteiger partial charge < -0.3 is 14.5 Å². The summed E-state index contributed by atoms with van der Waals surface area (Å²) in [6, 6.07) is 0. The normalized spacial score (nSPS) is 15.3. The molecule has 0 atom stereocenters.